The van der Waals surface area contributed by atoms with Gasteiger partial charge in [0.2, 0.25) is 5.91 Å². The molecule has 6 heteroatoms. The molecule has 0 aliphatic rings. The first-order chi connectivity index (χ1) is 10.4. The number of hydrogen-bond acceptors (Lipinski definition) is 3. The molecule has 0 aliphatic carbocycles. The molecular formula is C16H21N3O3. The molecule has 118 valence electrons. The van der Waals surface area contributed by atoms with E-state index in [-0.39, 0.29) is 18.4 Å². The van der Waals surface area contributed by atoms with Crippen molar-refractivity contribution in [3.8, 4) is 0 Å². The van der Waals surface area contributed by atoms with Crippen molar-refractivity contribution < 1.29 is 14.7 Å². The van der Waals surface area contributed by atoms with Crippen molar-refractivity contribution >= 4 is 28.5 Å². The van der Waals surface area contributed by atoms with Crippen molar-refractivity contribution in [3.05, 3.63) is 30.5 Å². The van der Waals surface area contributed by atoms with E-state index in [4.69, 9.17) is 10.8 Å². The summed E-state index contributed by atoms with van der Waals surface area (Å²) in [6.07, 6.45) is 2.20. The SMILES string of the molecule is CC(C)C[C@H](NC(=O)Cn1ccc2cc(N)ccc21)C(=O)O. The third-order valence-corrected chi connectivity index (χ3v) is 3.45. The van der Waals surface area contributed by atoms with Crippen LogP contribution in [-0.2, 0) is 16.1 Å². The molecule has 1 atom stereocenters. The highest BCUT2D eigenvalue weighted by Gasteiger charge is 2.21. The number of carboxylic acids is 1. The van der Waals surface area contributed by atoms with Gasteiger partial charge in [-0.15, -0.1) is 0 Å². The molecule has 1 amide bonds. The van der Waals surface area contributed by atoms with Crippen LogP contribution >= 0.6 is 0 Å². The lowest BCUT2D eigenvalue weighted by Crippen LogP contribution is -2.43. The fraction of sp³-hybridized carbons (Fsp3) is 0.375. The molecule has 1 aromatic carbocycles. The molecule has 0 aliphatic heterocycles. The smallest absolute Gasteiger partial charge is 0.326 e. The van der Waals surface area contributed by atoms with Crippen LogP contribution in [0.1, 0.15) is 20.3 Å². The van der Waals surface area contributed by atoms with Crippen LogP contribution < -0.4 is 11.1 Å². The number of nitrogens with one attached hydrogen (secondary N) is 1. The minimum absolute atomic E-state index is 0.0787. The summed E-state index contributed by atoms with van der Waals surface area (Å²) in [5, 5.41) is 12.7. The molecule has 0 unspecified atom stereocenters. The average molecular weight is 303 g/mol. The number of nitrogens with two attached hydrogens (primary N) is 1. The van der Waals surface area contributed by atoms with Crippen LogP contribution in [0.15, 0.2) is 30.5 Å². The fourth-order valence-corrected chi connectivity index (χ4v) is 2.44. The Morgan fingerprint density at radius 3 is 2.68 bits per heavy atom. The van der Waals surface area contributed by atoms with Gasteiger partial charge in [-0.25, -0.2) is 4.79 Å². The van der Waals surface area contributed by atoms with E-state index in [9.17, 15) is 9.59 Å². The minimum Gasteiger partial charge on any atom is -0.480 e. The third-order valence-electron chi connectivity index (χ3n) is 3.45. The van der Waals surface area contributed by atoms with Gasteiger partial charge in [-0.05, 0) is 36.6 Å². The fourth-order valence-electron chi connectivity index (χ4n) is 2.44. The number of hydrogen-bond donors (Lipinski definition) is 3. The highest BCUT2D eigenvalue weighted by Crippen LogP contribution is 2.18. The Bertz CT molecular complexity index is 691. The van der Waals surface area contributed by atoms with E-state index in [1.807, 2.05) is 32.0 Å². The molecule has 0 spiro atoms. The van der Waals surface area contributed by atoms with Crippen molar-refractivity contribution in [2.45, 2.75) is 32.9 Å². The van der Waals surface area contributed by atoms with E-state index in [0.29, 0.717) is 12.1 Å². The monoisotopic (exact) mass is 303 g/mol. The van der Waals surface area contributed by atoms with E-state index in [1.54, 1.807) is 16.8 Å². The number of rotatable bonds is 6. The first-order valence-electron chi connectivity index (χ1n) is 7.23. The van der Waals surface area contributed by atoms with Crippen molar-refractivity contribution in [1.29, 1.82) is 0 Å². The number of nitrogens with zero attached hydrogens (tertiary/aromatic N) is 1. The maximum atomic E-state index is 12.1. The molecule has 0 radical (unpaired) electrons. The van der Waals surface area contributed by atoms with Gasteiger partial charge < -0.3 is 20.7 Å². The molecule has 0 saturated heterocycles. The Morgan fingerprint density at radius 2 is 2.05 bits per heavy atom. The maximum Gasteiger partial charge on any atom is 0.326 e. The zero-order valence-electron chi connectivity index (χ0n) is 12.7. The van der Waals surface area contributed by atoms with E-state index in [1.165, 1.54) is 0 Å². The van der Waals surface area contributed by atoms with Crippen LogP contribution in [0.5, 0.6) is 0 Å². The summed E-state index contributed by atoms with van der Waals surface area (Å²) < 4.78 is 1.78. The maximum absolute atomic E-state index is 12.1. The largest absolute Gasteiger partial charge is 0.480 e. The number of aromatic nitrogens is 1. The van der Waals surface area contributed by atoms with Crippen LogP contribution in [0.4, 0.5) is 5.69 Å². The number of carbonyl (C=O) groups excluding carboxylic acids is 1. The van der Waals surface area contributed by atoms with Gasteiger partial charge in [-0.3, -0.25) is 4.79 Å². The Morgan fingerprint density at radius 1 is 1.32 bits per heavy atom. The second-order valence-corrected chi connectivity index (χ2v) is 5.85. The molecule has 0 saturated carbocycles. The van der Waals surface area contributed by atoms with Gasteiger partial charge in [0.05, 0.1) is 0 Å². The van der Waals surface area contributed by atoms with E-state index < -0.39 is 12.0 Å². The highest BCUT2D eigenvalue weighted by molar-refractivity contribution is 5.87. The van der Waals surface area contributed by atoms with Crippen LogP contribution in [0.2, 0.25) is 0 Å². The van der Waals surface area contributed by atoms with Crippen molar-refractivity contribution in [2.75, 3.05) is 5.73 Å². The van der Waals surface area contributed by atoms with Gasteiger partial charge in [0.25, 0.3) is 0 Å². The zero-order chi connectivity index (χ0) is 16.3. The van der Waals surface area contributed by atoms with Crippen molar-refractivity contribution in [1.82, 2.24) is 9.88 Å². The second kappa shape index (κ2) is 6.51. The first kappa shape index (κ1) is 15.9. The lowest BCUT2D eigenvalue weighted by atomic mass is 10.0. The quantitative estimate of drug-likeness (QED) is 0.709. The van der Waals surface area contributed by atoms with Crippen LogP contribution in [0, 0.1) is 5.92 Å². The van der Waals surface area contributed by atoms with Crippen molar-refractivity contribution in [3.63, 3.8) is 0 Å². The Kier molecular flexibility index (Phi) is 4.70. The predicted molar refractivity (Wildman–Crippen MR) is 85.4 cm³/mol. The number of carboxylic acid groups (broad SMARTS) is 1. The van der Waals surface area contributed by atoms with Crippen LogP contribution in [0.3, 0.4) is 0 Å². The number of nitrogen functional groups attached to an aromatic ring is 1. The molecule has 22 heavy (non-hydrogen) atoms. The molecule has 1 aromatic heterocycles. The summed E-state index contributed by atoms with van der Waals surface area (Å²) in [5.41, 5.74) is 7.28. The van der Waals surface area contributed by atoms with E-state index in [2.05, 4.69) is 5.32 Å². The molecule has 2 aromatic rings. The Hall–Kier alpha value is -2.50. The third kappa shape index (κ3) is 3.78. The van der Waals surface area contributed by atoms with Gasteiger partial charge in [-0.2, -0.15) is 0 Å². The number of aliphatic carboxylic acids is 1. The Balaban J connectivity index is 2.08. The Labute approximate surface area is 128 Å². The van der Waals surface area contributed by atoms with Gasteiger partial charge in [0.15, 0.2) is 0 Å². The zero-order valence-corrected chi connectivity index (χ0v) is 12.7. The molecule has 0 bridgehead atoms. The lowest BCUT2D eigenvalue weighted by Gasteiger charge is -2.17. The molecule has 0 fully saturated rings. The number of benzene rings is 1. The second-order valence-electron chi connectivity index (χ2n) is 5.85. The molecule has 2 rings (SSSR count). The molecule has 6 nitrogen and oxygen atoms in total. The molecule has 4 N–H and O–H groups in total. The van der Waals surface area contributed by atoms with Gasteiger partial charge >= 0.3 is 5.97 Å². The van der Waals surface area contributed by atoms with Gasteiger partial charge in [0, 0.05) is 22.8 Å². The summed E-state index contributed by atoms with van der Waals surface area (Å²) in [5.74, 6) is -1.13. The summed E-state index contributed by atoms with van der Waals surface area (Å²) in [4.78, 5) is 23.3. The number of carbonyl (C=O) groups is 2. The molecular weight excluding hydrogens is 282 g/mol. The number of fused-ring (bicyclic) bond motifs is 1. The highest BCUT2D eigenvalue weighted by atomic mass is 16.4. The lowest BCUT2D eigenvalue weighted by molar-refractivity contribution is -0.142. The molecule has 1 heterocycles. The normalized spacial score (nSPS) is 12.5. The number of anilines is 1. The summed E-state index contributed by atoms with van der Waals surface area (Å²) in [6.45, 7) is 3.92. The predicted octanol–water partition coefficient (Wildman–Crippen LogP) is 1.84. The van der Waals surface area contributed by atoms with Crippen LogP contribution in [-0.4, -0.2) is 27.6 Å². The van der Waals surface area contributed by atoms with Gasteiger partial charge in [0.1, 0.15) is 12.6 Å². The first-order valence-corrected chi connectivity index (χ1v) is 7.23. The summed E-state index contributed by atoms with van der Waals surface area (Å²) in [7, 11) is 0. The van der Waals surface area contributed by atoms with Crippen molar-refractivity contribution in [2.24, 2.45) is 5.92 Å². The van der Waals surface area contributed by atoms with E-state index >= 15 is 0 Å². The summed E-state index contributed by atoms with van der Waals surface area (Å²) >= 11 is 0. The average Bonchev–Trinajstić information content (AvgIpc) is 2.79. The van der Waals surface area contributed by atoms with Gasteiger partial charge in [-0.1, -0.05) is 13.8 Å². The topological polar surface area (TPSA) is 97.4 Å². The van der Waals surface area contributed by atoms with E-state index in [0.717, 1.165) is 10.9 Å². The van der Waals surface area contributed by atoms with Crippen LogP contribution in [0.25, 0.3) is 10.9 Å². The minimum atomic E-state index is -1.01. The standard InChI is InChI=1S/C16H21N3O3/c1-10(2)7-13(16(21)22)18-15(20)9-19-6-5-11-8-12(17)3-4-14(11)19/h3-6,8,10,13H,7,9,17H2,1-2H3,(H,18,20)(H,21,22)/t13-/m0/s1. The summed E-state index contributed by atoms with van der Waals surface area (Å²) in [6, 6.07) is 6.48. The number of amides is 1.